The molecule has 1 saturated heterocycles. The molecular weight excluding hydrogens is 422 g/mol. The third kappa shape index (κ3) is 4.13. The minimum absolute atomic E-state index is 0.0108. The Morgan fingerprint density at radius 2 is 1.96 bits per heavy atom. The molecule has 8 heteroatoms. The summed E-state index contributed by atoms with van der Waals surface area (Å²) in [5.74, 6) is -0.0562. The molecule has 0 radical (unpaired) electrons. The lowest BCUT2D eigenvalue weighted by Crippen LogP contribution is -2.49. The number of amides is 1. The number of carbonyl (C=O) groups is 1. The minimum atomic E-state index is -0.199. The lowest BCUT2D eigenvalue weighted by Gasteiger charge is -2.34. The van der Waals surface area contributed by atoms with Gasteiger partial charge in [0.05, 0.1) is 17.2 Å². The van der Waals surface area contributed by atoms with Gasteiger partial charge in [0.1, 0.15) is 6.54 Å². The Labute approximate surface area is 170 Å². The number of aromatic nitrogens is 3. The van der Waals surface area contributed by atoms with Gasteiger partial charge in [0.15, 0.2) is 0 Å². The molecular formula is C20H20BrN5O2. The van der Waals surface area contributed by atoms with Gasteiger partial charge in [0.2, 0.25) is 5.91 Å². The fourth-order valence-electron chi connectivity index (χ4n) is 3.39. The van der Waals surface area contributed by atoms with Crippen LogP contribution in [0.25, 0.3) is 10.9 Å². The smallest absolute Gasteiger partial charge is 0.261 e. The predicted octanol–water partition coefficient (Wildman–Crippen LogP) is 1.90. The monoisotopic (exact) mass is 441 g/mol. The van der Waals surface area contributed by atoms with Gasteiger partial charge in [-0.1, -0.05) is 22.0 Å². The SMILES string of the molecule is O=C(Cn1cnc2ccc(Br)cc2c1=O)N1CCN(Cc2cccnc2)CC1. The van der Waals surface area contributed by atoms with Crippen LogP contribution in [0.2, 0.25) is 0 Å². The van der Waals surface area contributed by atoms with E-state index < -0.39 is 0 Å². The van der Waals surface area contributed by atoms with Gasteiger partial charge in [0.25, 0.3) is 5.56 Å². The standard InChI is InChI=1S/C20H20BrN5O2/c21-16-3-4-18-17(10-16)20(28)26(14-23-18)13-19(27)25-8-6-24(7-9-25)12-15-2-1-5-22-11-15/h1-5,10-11,14H,6-9,12-13H2. The van der Waals surface area contributed by atoms with E-state index in [9.17, 15) is 9.59 Å². The molecule has 2 aromatic heterocycles. The molecule has 0 bridgehead atoms. The summed E-state index contributed by atoms with van der Waals surface area (Å²) in [5.41, 5.74) is 1.60. The van der Waals surface area contributed by atoms with E-state index >= 15 is 0 Å². The van der Waals surface area contributed by atoms with Crippen molar-refractivity contribution in [1.29, 1.82) is 0 Å². The number of carbonyl (C=O) groups excluding carboxylic acids is 1. The molecule has 0 aliphatic carbocycles. The molecule has 1 aliphatic heterocycles. The molecule has 0 unspecified atom stereocenters. The Morgan fingerprint density at radius 3 is 2.71 bits per heavy atom. The quantitative estimate of drug-likeness (QED) is 0.618. The zero-order chi connectivity index (χ0) is 19.5. The largest absolute Gasteiger partial charge is 0.339 e. The van der Waals surface area contributed by atoms with Crippen molar-refractivity contribution in [1.82, 2.24) is 24.3 Å². The average molecular weight is 442 g/mol. The van der Waals surface area contributed by atoms with Crippen molar-refractivity contribution in [3.63, 3.8) is 0 Å². The van der Waals surface area contributed by atoms with Crippen molar-refractivity contribution in [3.8, 4) is 0 Å². The van der Waals surface area contributed by atoms with Crippen LogP contribution in [0, 0.1) is 0 Å². The van der Waals surface area contributed by atoms with E-state index in [1.165, 1.54) is 16.5 Å². The van der Waals surface area contributed by atoms with Crippen LogP contribution in [0.15, 0.2) is 58.3 Å². The van der Waals surface area contributed by atoms with Crippen molar-refractivity contribution in [2.45, 2.75) is 13.1 Å². The molecule has 0 saturated carbocycles. The van der Waals surface area contributed by atoms with E-state index in [2.05, 4.69) is 36.9 Å². The van der Waals surface area contributed by atoms with Gasteiger partial charge in [-0.25, -0.2) is 4.98 Å². The summed E-state index contributed by atoms with van der Waals surface area (Å²) in [5, 5.41) is 0.506. The fraction of sp³-hybridized carbons (Fsp3) is 0.300. The van der Waals surface area contributed by atoms with E-state index in [4.69, 9.17) is 0 Å². The van der Waals surface area contributed by atoms with Crippen LogP contribution in [-0.4, -0.2) is 56.4 Å². The lowest BCUT2D eigenvalue weighted by atomic mass is 10.2. The number of fused-ring (bicyclic) bond motifs is 1. The highest BCUT2D eigenvalue weighted by atomic mass is 79.9. The number of pyridine rings is 1. The number of hydrogen-bond acceptors (Lipinski definition) is 5. The third-order valence-corrected chi connectivity index (χ3v) is 5.44. The highest BCUT2D eigenvalue weighted by Crippen LogP contribution is 2.15. The van der Waals surface area contributed by atoms with Crippen LogP contribution in [0.5, 0.6) is 0 Å². The first kappa shape index (κ1) is 18.8. The zero-order valence-electron chi connectivity index (χ0n) is 15.3. The van der Waals surface area contributed by atoms with Gasteiger partial charge < -0.3 is 4.90 Å². The predicted molar refractivity (Wildman–Crippen MR) is 110 cm³/mol. The maximum atomic E-state index is 12.7. The molecule has 28 heavy (non-hydrogen) atoms. The molecule has 1 aromatic carbocycles. The first-order valence-electron chi connectivity index (χ1n) is 9.14. The second-order valence-electron chi connectivity index (χ2n) is 6.86. The molecule has 3 aromatic rings. The number of rotatable bonds is 4. The number of benzene rings is 1. The topological polar surface area (TPSA) is 71.3 Å². The summed E-state index contributed by atoms with van der Waals surface area (Å²) >= 11 is 3.37. The van der Waals surface area contributed by atoms with Crippen molar-refractivity contribution in [2.24, 2.45) is 0 Å². The van der Waals surface area contributed by atoms with Crippen molar-refractivity contribution >= 4 is 32.7 Å². The Hall–Kier alpha value is -2.58. The number of hydrogen-bond donors (Lipinski definition) is 0. The molecule has 1 fully saturated rings. The number of halogens is 1. The van der Waals surface area contributed by atoms with Crippen LogP contribution >= 0.6 is 15.9 Å². The van der Waals surface area contributed by atoms with Gasteiger partial charge in [-0.05, 0) is 29.8 Å². The van der Waals surface area contributed by atoms with E-state index in [-0.39, 0.29) is 18.0 Å². The number of piperazine rings is 1. The molecule has 1 amide bonds. The van der Waals surface area contributed by atoms with Crippen LogP contribution in [-0.2, 0) is 17.9 Å². The maximum Gasteiger partial charge on any atom is 0.261 e. The van der Waals surface area contributed by atoms with E-state index in [1.54, 1.807) is 18.3 Å². The second kappa shape index (κ2) is 8.20. The van der Waals surface area contributed by atoms with Crippen molar-refractivity contribution < 1.29 is 4.79 Å². The van der Waals surface area contributed by atoms with Gasteiger partial charge in [-0.15, -0.1) is 0 Å². The molecule has 0 N–H and O–H groups in total. The van der Waals surface area contributed by atoms with Crippen LogP contribution in [0.1, 0.15) is 5.56 Å². The molecule has 4 rings (SSSR count). The Balaban J connectivity index is 1.39. The molecule has 3 heterocycles. The summed E-state index contributed by atoms with van der Waals surface area (Å²) < 4.78 is 2.20. The zero-order valence-corrected chi connectivity index (χ0v) is 16.9. The summed E-state index contributed by atoms with van der Waals surface area (Å²) in [7, 11) is 0. The van der Waals surface area contributed by atoms with Crippen LogP contribution < -0.4 is 5.56 Å². The first-order chi connectivity index (χ1) is 13.6. The number of nitrogens with zero attached hydrogens (tertiary/aromatic N) is 5. The summed E-state index contributed by atoms with van der Waals surface area (Å²) in [6.07, 6.45) is 5.09. The van der Waals surface area contributed by atoms with Crippen molar-refractivity contribution in [3.05, 3.63) is 69.4 Å². The molecule has 0 atom stereocenters. The van der Waals surface area contributed by atoms with E-state index in [0.717, 1.165) is 24.1 Å². The van der Waals surface area contributed by atoms with E-state index in [0.29, 0.717) is 24.0 Å². The Morgan fingerprint density at radius 1 is 1.14 bits per heavy atom. The van der Waals surface area contributed by atoms with Crippen LogP contribution in [0.3, 0.4) is 0 Å². The molecule has 144 valence electrons. The van der Waals surface area contributed by atoms with Crippen molar-refractivity contribution in [2.75, 3.05) is 26.2 Å². The van der Waals surface area contributed by atoms with Gasteiger partial charge in [-0.3, -0.25) is 24.0 Å². The highest BCUT2D eigenvalue weighted by Gasteiger charge is 2.22. The van der Waals surface area contributed by atoms with Gasteiger partial charge in [-0.2, -0.15) is 0 Å². The average Bonchev–Trinajstić information content (AvgIpc) is 2.72. The maximum absolute atomic E-state index is 12.7. The Bertz CT molecular complexity index is 1050. The Kier molecular flexibility index (Phi) is 5.50. The fourth-order valence-corrected chi connectivity index (χ4v) is 3.76. The van der Waals surface area contributed by atoms with Crippen LogP contribution in [0.4, 0.5) is 0 Å². The molecule has 0 spiro atoms. The summed E-state index contributed by atoms with van der Waals surface area (Å²) in [4.78, 5) is 37.9. The first-order valence-corrected chi connectivity index (χ1v) is 9.93. The summed E-state index contributed by atoms with van der Waals surface area (Å²) in [6.45, 7) is 3.76. The molecule has 1 aliphatic rings. The second-order valence-corrected chi connectivity index (χ2v) is 7.77. The third-order valence-electron chi connectivity index (χ3n) is 4.95. The lowest BCUT2D eigenvalue weighted by molar-refractivity contribution is -0.133. The minimum Gasteiger partial charge on any atom is -0.339 e. The molecule has 7 nitrogen and oxygen atoms in total. The van der Waals surface area contributed by atoms with Gasteiger partial charge >= 0.3 is 0 Å². The summed E-state index contributed by atoms with van der Waals surface area (Å²) in [6, 6.07) is 9.36. The highest BCUT2D eigenvalue weighted by molar-refractivity contribution is 9.10. The normalized spacial score (nSPS) is 15.1. The van der Waals surface area contributed by atoms with Gasteiger partial charge in [0, 0.05) is 49.6 Å². The van der Waals surface area contributed by atoms with E-state index in [1.807, 2.05) is 23.2 Å².